The lowest BCUT2D eigenvalue weighted by atomic mass is 9.97. The number of nitrogens with zero attached hydrogens (tertiary/aromatic N) is 3. The second kappa shape index (κ2) is 4.76. The molecule has 1 aromatic rings. The van der Waals surface area contributed by atoms with Gasteiger partial charge in [-0.3, -0.25) is 4.98 Å². The quantitative estimate of drug-likeness (QED) is 0.790. The van der Waals surface area contributed by atoms with Gasteiger partial charge in [0.2, 0.25) is 0 Å². The fraction of sp³-hybridized carbons (Fsp3) is 0.538. The normalized spacial score (nSPS) is 16.3. The molecule has 5 heteroatoms. The van der Waals surface area contributed by atoms with Crippen LogP contribution in [0.1, 0.15) is 32.4 Å². The summed E-state index contributed by atoms with van der Waals surface area (Å²) in [6.07, 6.45) is 3.27. The summed E-state index contributed by atoms with van der Waals surface area (Å²) < 4.78 is 5.72. The van der Waals surface area contributed by atoms with Crippen molar-refractivity contribution in [1.29, 1.82) is 0 Å². The average Bonchev–Trinajstić information content (AvgIpc) is 2.15. The predicted molar refractivity (Wildman–Crippen MR) is 71.3 cm³/mol. The third-order valence-electron chi connectivity index (χ3n) is 2.72. The first-order valence-corrected chi connectivity index (χ1v) is 6.34. The van der Waals surface area contributed by atoms with E-state index in [0.29, 0.717) is 17.0 Å². The van der Waals surface area contributed by atoms with Crippen molar-refractivity contribution in [2.75, 3.05) is 13.1 Å². The predicted octanol–water partition coefficient (Wildman–Crippen LogP) is 2.82. The molecule has 1 aliphatic rings. The Morgan fingerprint density at radius 2 is 2.00 bits per heavy atom. The van der Waals surface area contributed by atoms with E-state index in [1.54, 1.807) is 12.4 Å². The van der Waals surface area contributed by atoms with E-state index in [-0.39, 0.29) is 5.60 Å². The van der Waals surface area contributed by atoms with Crippen LogP contribution in [0.5, 0.6) is 0 Å². The highest BCUT2D eigenvalue weighted by atomic mass is 35.5. The summed E-state index contributed by atoms with van der Waals surface area (Å²) in [4.78, 5) is 10.4. The lowest BCUT2D eigenvalue weighted by molar-refractivity contribution is -0.0194. The van der Waals surface area contributed by atoms with Crippen LogP contribution in [0.2, 0.25) is 5.15 Å². The van der Waals surface area contributed by atoms with E-state index in [0.717, 1.165) is 18.8 Å². The maximum absolute atomic E-state index is 6.02. The highest BCUT2D eigenvalue weighted by molar-refractivity contribution is 6.30. The summed E-state index contributed by atoms with van der Waals surface area (Å²) in [5.74, 6) is 1.02. The van der Waals surface area contributed by atoms with Crippen molar-refractivity contribution in [2.24, 2.45) is 0 Å². The smallest absolute Gasteiger partial charge is 0.182 e. The van der Waals surface area contributed by atoms with Crippen LogP contribution in [0, 0.1) is 0 Å². The van der Waals surface area contributed by atoms with Gasteiger partial charge in [-0.25, -0.2) is 4.98 Å². The molecule has 98 valence electrons. The Balaban J connectivity index is 1.91. The number of hydrogen-bond acceptors (Lipinski definition) is 4. The Labute approximate surface area is 113 Å². The minimum absolute atomic E-state index is 0.216. The Kier molecular flexibility index (Phi) is 3.48. The van der Waals surface area contributed by atoms with Gasteiger partial charge in [0, 0.05) is 31.4 Å². The lowest BCUT2D eigenvalue weighted by Crippen LogP contribution is -2.46. The van der Waals surface area contributed by atoms with Crippen LogP contribution < -0.4 is 0 Å². The van der Waals surface area contributed by atoms with Gasteiger partial charge in [0.15, 0.2) is 11.0 Å². The van der Waals surface area contributed by atoms with Crippen LogP contribution in [-0.2, 0) is 4.74 Å². The van der Waals surface area contributed by atoms with Crippen LogP contribution in [-0.4, -0.2) is 33.6 Å². The molecule has 1 aliphatic heterocycles. The zero-order chi connectivity index (χ0) is 13.3. The van der Waals surface area contributed by atoms with Crippen molar-refractivity contribution in [2.45, 2.75) is 32.3 Å². The van der Waals surface area contributed by atoms with Crippen LogP contribution in [0.4, 0.5) is 0 Å². The Morgan fingerprint density at radius 3 is 2.56 bits per heavy atom. The molecule has 0 atom stereocenters. The van der Waals surface area contributed by atoms with Crippen LogP contribution in [0.15, 0.2) is 24.9 Å². The summed E-state index contributed by atoms with van der Waals surface area (Å²) in [5.41, 5.74) is 0.644. The van der Waals surface area contributed by atoms with E-state index >= 15 is 0 Å². The van der Waals surface area contributed by atoms with Crippen molar-refractivity contribution in [3.8, 4) is 0 Å². The topological polar surface area (TPSA) is 38.2 Å². The van der Waals surface area contributed by atoms with Crippen molar-refractivity contribution >= 4 is 11.6 Å². The molecule has 0 spiro atoms. The van der Waals surface area contributed by atoms with E-state index in [9.17, 15) is 0 Å². The molecule has 0 N–H and O–H groups in total. The van der Waals surface area contributed by atoms with Gasteiger partial charge in [0.1, 0.15) is 5.60 Å². The standard InChI is InChI=1S/C13H18ClN3O/c1-9(18-13(2,3)4)17-7-10(8-17)11-12(14)16-6-5-15-11/h5-6,10H,1,7-8H2,2-4H3. The van der Waals surface area contributed by atoms with Gasteiger partial charge in [-0.2, -0.15) is 0 Å². The van der Waals surface area contributed by atoms with E-state index in [1.165, 1.54) is 0 Å². The molecule has 0 bridgehead atoms. The Bertz CT molecular complexity index is 450. The molecule has 1 fully saturated rings. The molecular weight excluding hydrogens is 250 g/mol. The molecule has 18 heavy (non-hydrogen) atoms. The number of rotatable bonds is 3. The minimum Gasteiger partial charge on any atom is -0.474 e. The molecule has 0 unspecified atom stereocenters. The molecule has 2 heterocycles. The van der Waals surface area contributed by atoms with Gasteiger partial charge in [0.25, 0.3) is 0 Å². The second-order valence-corrected chi connectivity index (χ2v) is 5.80. The molecule has 0 radical (unpaired) electrons. The van der Waals surface area contributed by atoms with Crippen molar-refractivity contribution in [3.63, 3.8) is 0 Å². The SMILES string of the molecule is C=C(OC(C)(C)C)N1CC(c2nccnc2Cl)C1. The lowest BCUT2D eigenvalue weighted by Gasteiger charge is -2.42. The highest BCUT2D eigenvalue weighted by Gasteiger charge is 2.33. The van der Waals surface area contributed by atoms with Gasteiger partial charge < -0.3 is 9.64 Å². The van der Waals surface area contributed by atoms with Crippen molar-refractivity contribution in [1.82, 2.24) is 14.9 Å². The molecule has 1 aromatic heterocycles. The maximum atomic E-state index is 6.02. The van der Waals surface area contributed by atoms with Gasteiger partial charge in [0.05, 0.1) is 5.69 Å². The summed E-state index contributed by atoms with van der Waals surface area (Å²) >= 11 is 6.02. The van der Waals surface area contributed by atoms with Crippen molar-refractivity contribution < 1.29 is 4.74 Å². The summed E-state index contributed by atoms with van der Waals surface area (Å²) in [6.45, 7) is 11.6. The summed E-state index contributed by atoms with van der Waals surface area (Å²) in [7, 11) is 0. The van der Waals surface area contributed by atoms with Crippen LogP contribution in [0.3, 0.4) is 0 Å². The second-order valence-electron chi connectivity index (χ2n) is 5.44. The van der Waals surface area contributed by atoms with E-state index < -0.39 is 0 Å². The van der Waals surface area contributed by atoms with Gasteiger partial charge in [-0.15, -0.1) is 0 Å². The fourth-order valence-corrected chi connectivity index (χ4v) is 2.14. The molecule has 4 nitrogen and oxygen atoms in total. The number of hydrogen-bond donors (Lipinski definition) is 0. The number of ether oxygens (including phenoxy) is 1. The monoisotopic (exact) mass is 267 g/mol. The molecule has 1 saturated heterocycles. The molecular formula is C13H18ClN3O. The first kappa shape index (κ1) is 13.1. The Morgan fingerprint density at radius 1 is 1.39 bits per heavy atom. The molecule has 0 aliphatic carbocycles. The number of aromatic nitrogens is 2. The fourth-order valence-electron chi connectivity index (χ4n) is 1.88. The van der Waals surface area contributed by atoms with Gasteiger partial charge in [-0.1, -0.05) is 11.6 Å². The zero-order valence-electron chi connectivity index (χ0n) is 11.0. The number of halogens is 1. The highest BCUT2D eigenvalue weighted by Crippen LogP contribution is 2.32. The average molecular weight is 268 g/mol. The van der Waals surface area contributed by atoms with Crippen LogP contribution in [0.25, 0.3) is 0 Å². The molecule has 2 rings (SSSR count). The number of likely N-dealkylation sites (tertiary alicyclic amines) is 1. The summed E-state index contributed by atoms with van der Waals surface area (Å²) in [6, 6.07) is 0. The molecule has 0 amide bonds. The molecule has 0 saturated carbocycles. The van der Waals surface area contributed by atoms with Gasteiger partial charge in [-0.05, 0) is 27.4 Å². The van der Waals surface area contributed by atoms with E-state index in [2.05, 4.69) is 21.4 Å². The van der Waals surface area contributed by atoms with Gasteiger partial charge >= 0.3 is 0 Å². The van der Waals surface area contributed by atoms with E-state index in [1.807, 2.05) is 20.8 Å². The zero-order valence-corrected chi connectivity index (χ0v) is 11.7. The van der Waals surface area contributed by atoms with Crippen molar-refractivity contribution in [3.05, 3.63) is 35.7 Å². The first-order chi connectivity index (χ1) is 8.37. The third-order valence-corrected chi connectivity index (χ3v) is 3.02. The van der Waals surface area contributed by atoms with E-state index in [4.69, 9.17) is 16.3 Å². The maximum Gasteiger partial charge on any atom is 0.182 e. The first-order valence-electron chi connectivity index (χ1n) is 5.96. The largest absolute Gasteiger partial charge is 0.474 e. The third kappa shape index (κ3) is 2.93. The minimum atomic E-state index is -0.216. The summed E-state index contributed by atoms with van der Waals surface area (Å²) in [5, 5.41) is 0.490. The van der Waals surface area contributed by atoms with Crippen LogP contribution >= 0.6 is 11.6 Å². The molecule has 0 aromatic carbocycles. The Hall–Kier alpha value is -1.29.